The van der Waals surface area contributed by atoms with Crippen LogP contribution in [0.5, 0.6) is 11.5 Å². The minimum Gasteiger partial charge on any atom is -0.495 e. The number of amides is 2. The second-order valence-electron chi connectivity index (χ2n) is 6.29. The molecule has 160 valence electrons. The van der Waals surface area contributed by atoms with Crippen molar-refractivity contribution in [2.45, 2.75) is 0 Å². The third-order valence-corrected chi connectivity index (χ3v) is 4.37. The largest absolute Gasteiger partial charge is 0.495 e. The van der Waals surface area contributed by atoms with Gasteiger partial charge in [0.15, 0.2) is 6.61 Å². The fraction of sp³-hybridized carbons (Fsp3) is 0.0909. The Morgan fingerprint density at radius 1 is 1.00 bits per heavy atom. The van der Waals surface area contributed by atoms with E-state index in [0.29, 0.717) is 11.4 Å². The monoisotopic (exact) mass is 446 g/mol. The van der Waals surface area contributed by atoms with Gasteiger partial charge < -0.3 is 20.1 Å². The lowest BCUT2D eigenvalue weighted by atomic mass is 10.2. The predicted molar refractivity (Wildman–Crippen MR) is 113 cm³/mol. The van der Waals surface area contributed by atoms with Gasteiger partial charge in [0.1, 0.15) is 23.1 Å². The van der Waals surface area contributed by atoms with Gasteiger partial charge in [0.05, 0.1) is 17.8 Å². The molecule has 3 aromatic rings. The molecular formula is C22H17ClF2N2O4. The molecule has 0 heterocycles. The summed E-state index contributed by atoms with van der Waals surface area (Å²) in [4.78, 5) is 24.6. The van der Waals surface area contributed by atoms with Gasteiger partial charge >= 0.3 is 0 Å². The highest BCUT2D eigenvalue weighted by atomic mass is 35.5. The number of nitrogens with one attached hydrogen (secondary N) is 2. The van der Waals surface area contributed by atoms with Crippen molar-refractivity contribution in [1.29, 1.82) is 0 Å². The summed E-state index contributed by atoms with van der Waals surface area (Å²) in [7, 11) is 1.42. The summed E-state index contributed by atoms with van der Waals surface area (Å²) in [6.45, 7) is -0.348. The highest BCUT2D eigenvalue weighted by molar-refractivity contribution is 6.30. The van der Waals surface area contributed by atoms with Gasteiger partial charge in [-0.1, -0.05) is 17.7 Å². The maximum absolute atomic E-state index is 13.4. The normalized spacial score (nSPS) is 10.3. The average molecular weight is 447 g/mol. The van der Waals surface area contributed by atoms with Gasteiger partial charge in [-0.25, -0.2) is 8.78 Å². The summed E-state index contributed by atoms with van der Waals surface area (Å²) >= 11 is 5.68. The van der Waals surface area contributed by atoms with Crippen molar-refractivity contribution < 1.29 is 27.8 Å². The van der Waals surface area contributed by atoms with E-state index in [1.165, 1.54) is 43.5 Å². The minimum absolute atomic E-state index is 0.119. The molecule has 0 radical (unpaired) electrons. The second-order valence-corrected chi connectivity index (χ2v) is 6.70. The molecule has 9 heteroatoms. The number of anilines is 2. The van der Waals surface area contributed by atoms with Gasteiger partial charge in [-0.3, -0.25) is 9.59 Å². The lowest BCUT2D eigenvalue weighted by Crippen LogP contribution is -2.20. The maximum atomic E-state index is 13.4. The lowest BCUT2D eigenvalue weighted by Gasteiger charge is -2.13. The number of carbonyl (C=O) groups is 2. The molecule has 0 saturated carbocycles. The summed E-state index contributed by atoms with van der Waals surface area (Å²) in [5, 5.41) is 5.12. The third kappa shape index (κ3) is 5.93. The van der Waals surface area contributed by atoms with Crippen LogP contribution in [0.2, 0.25) is 5.02 Å². The van der Waals surface area contributed by atoms with E-state index in [4.69, 9.17) is 21.1 Å². The van der Waals surface area contributed by atoms with Crippen molar-refractivity contribution in [3.8, 4) is 11.5 Å². The Balaban J connectivity index is 1.67. The quantitative estimate of drug-likeness (QED) is 0.541. The lowest BCUT2D eigenvalue weighted by molar-refractivity contribution is -0.118. The first kappa shape index (κ1) is 22.0. The highest BCUT2D eigenvalue weighted by Gasteiger charge is 2.13. The van der Waals surface area contributed by atoms with Gasteiger partial charge in [0.2, 0.25) is 0 Å². The van der Waals surface area contributed by atoms with Crippen LogP contribution in [-0.2, 0) is 4.79 Å². The molecule has 0 saturated heterocycles. The van der Waals surface area contributed by atoms with Crippen LogP contribution in [0.1, 0.15) is 10.4 Å². The van der Waals surface area contributed by atoms with E-state index in [0.717, 1.165) is 12.1 Å². The molecule has 0 atom stereocenters. The molecule has 0 aliphatic rings. The Bertz CT molecular complexity index is 1120. The van der Waals surface area contributed by atoms with Crippen molar-refractivity contribution in [3.63, 3.8) is 0 Å². The Kier molecular flexibility index (Phi) is 7.04. The molecule has 3 aromatic carbocycles. The Labute approximate surface area is 181 Å². The number of ether oxygens (including phenoxy) is 2. The molecule has 0 aromatic heterocycles. The van der Waals surface area contributed by atoms with Crippen LogP contribution in [0, 0.1) is 11.6 Å². The number of halogens is 3. The molecule has 2 N–H and O–H groups in total. The zero-order valence-electron chi connectivity index (χ0n) is 16.2. The third-order valence-electron chi connectivity index (χ3n) is 4.08. The summed E-state index contributed by atoms with van der Waals surface area (Å²) in [5.74, 6) is -1.59. The van der Waals surface area contributed by atoms with Gasteiger partial charge in [-0.2, -0.15) is 0 Å². The molecule has 3 rings (SSSR count). The molecule has 2 amide bonds. The van der Waals surface area contributed by atoms with Crippen molar-refractivity contribution >= 4 is 34.8 Å². The Morgan fingerprint density at radius 2 is 1.81 bits per heavy atom. The molecule has 6 nitrogen and oxygen atoms in total. The van der Waals surface area contributed by atoms with Crippen molar-refractivity contribution in [2.75, 3.05) is 24.4 Å². The second kappa shape index (κ2) is 9.90. The van der Waals surface area contributed by atoms with Crippen LogP contribution >= 0.6 is 11.6 Å². The SMILES string of the molecule is COc1ccc(NC(=O)COc2ccc(F)c(Cl)c2)cc1NC(=O)c1cccc(F)c1. The predicted octanol–water partition coefficient (Wildman–Crippen LogP) is 4.90. The van der Waals surface area contributed by atoms with Crippen LogP contribution in [-0.4, -0.2) is 25.5 Å². The summed E-state index contributed by atoms with van der Waals surface area (Å²) in [6, 6.07) is 13.6. The van der Waals surface area contributed by atoms with Crippen molar-refractivity contribution in [3.05, 3.63) is 82.9 Å². The average Bonchev–Trinajstić information content (AvgIpc) is 2.75. The number of hydrogen-bond acceptors (Lipinski definition) is 4. The van der Waals surface area contributed by atoms with E-state index < -0.39 is 23.4 Å². The molecule has 0 spiro atoms. The zero-order chi connectivity index (χ0) is 22.4. The van der Waals surface area contributed by atoms with E-state index in [1.54, 1.807) is 12.1 Å². The fourth-order valence-corrected chi connectivity index (χ4v) is 2.79. The Morgan fingerprint density at radius 3 is 2.52 bits per heavy atom. The van der Waals surface area contributed by atoms with Crippen LogP contribution in [0.3, 0.4) is 0 Å². The molecule has 0 bridgehead atoms. The van der Waals surface area contributed by atoms with E-state index in [-0.39, 0.29) is 28.6 Å². The van der Waals surface area contributed by atoms with Crippen LogP contribution < -0.4 is 20.1 Å². The summed E-state index contributed by atoms with van der Waals surface area (Å²) < 4.78 is 37.1. The van der Waals surface area contributed by atoms with Gasteiger partial charge in [-0.15, -0.1) is 0 Å². The minimum atomic E-state index is -0.593. The van der Waals surface area contributed by atoms with Crippen LogP contribution in [0.4, 0.5) is 20.2 Å². The molecule has 0 aliphatic heterocycles. The van der Waals surface area contributed by atoms with Crippen molar-refractivity contribution in [1.82, 2.24) is 0 Å². The number of methoxy groups -OCH3 is 1. The van der Waals surface area contributed by atoms with Crippen LogP contribution in [0.25, 0.3) is 0 Å². The summed E-state index contributed by atoms with van der Waals surface area (Å²) in [5.41, 5.74) is 0.768. The molecule has 0 aliphatic carbocycles. The molecule has 0 unspecified atom stereocenters. The Hall–Kier alpha value is -3.65. The molecule has 31 heavy (non-hydrogen) atoms. The topological polar surface area (TPSA) is 76.7 Å². The smallest absolute Gasteiger partial charge is 0.262 e. The first-order valence-electron chi connectivity index (χ1n) is 8.98. The van der Waals surface area contributed by atoms with E-state index >= 15 is 0 Å². The van der Waals surface area contributed by atoms with Gasteiger partial charge in [0.25, 0.3) is 11.8 Å². The molecule has 0 fully saturated rings. The zero-order valence-corrected chi connectivity index (χ0v) is 17.0. The van der Waals surface area contributed by atoms with Gasteiger partial charge in [-0.05, 0) is 48.5 Å². The summed E-state index contributed by atoms with van der Waals surface area (Å²) in [6.07, 6.45) is 0. The first-order valence-corrected chi connectivity index (χ1v) is 9.36. The first-order chi connectivity index (χ1) is 14.9. The van der Waals surface area contributed by atoms with Gasteiger partial charge in [0, 0.05) is 17.3 Å². The standard InChI is InChI=1S/C22H17ClF2N2O4/c1-30-20-8-5-15(10-19(20)27-22(29)13-3-2-4-14(24)9-13)26-21(28)12-31-16-6-7-18(25)17(23)11-16/h2-11H,12H2,1H3,(H,26,28)(H,27,29). The fourth-order valence-electron chi connectivity index (χ4n) is 2.62. The number of hydrogen-bond donors (Lipinski definition) is 2. The van der Waals surface area contributed by atoms with E-state index in [2.05, 4.69) is 10.6 Å². The van der Waals surface area contributed by atoms with E-state index in [9.17, 15) is 18.4 Å². The van der Waals surface area contributed by atoms with Crippen molar-refractivity contribution in [2.24, 2.45) is 0 Å². The highest BCUT2D eigenvalue weighted by Crippen LogP contribution is 2.28. The van der Waals surface area contributed by atoms with Crippen LogP contribution in [0.15, 0.2) is 60.7 Å². The maximum Gasteiger partial charge on any atom is 0.262 e. The molecular weight excluding hydrogens is 430 g/mol. The van der Waals surface area contributed by atoms with E-state index in [1.807, 2.05) is 0 Å². The number of rotatable bonds is 7. The number of carbonyl (C=O) groups excluding carboxylic acids is 2. The number of benzene rings is 3.